The van der Waals surface area contributed by atoms with Gasteiger partial charge in [0.2, 0.25) is 0 Å². The number of rotatable bonds is 3. The van der Waals surface area contributed by atoms with Crippen molar-refractivity contribution in [1.82, 2.24) is 10.3 Å². The van der Waals surface area contributed by atoms with Crippen molar-refractivity contribution in [3.05, 3.63) is 36.0 Å². The molecule has 0 spiro atoms. The Morgan fingerprint density at radius 2 is 1.28 bits per heavy atom. The van der Waals surface area contributed by atoms with E-state index in [0.29, 0.717) is 5.92 Å². The Hall–Kier alpha value is -1.28. The second-order valence-electron chi connectivity index (χ2n) is 12.7. The third kappa shape index (κ3) is 10.6. The minimum atomic E-state index is 0.615. The van der Waals surface area contributed by atoms with Crippen molar-refractivity contribution in [2.75, 3.05) is 13.1 Å². The quantitative estimate of drug-likeness (QED) is 0.398. The predicted octanol–water partition coefficient (Wildman–Crippen LogP) is 11.3. The van der Waals surface area contributed by atoms with Crippen LogP contribution in [0.15, 0.2) is 30.5 Å². The Balaban J connectivity index is 0.000000267. The number of benzene rings is 1. The molecule has 5 unspecified atom stereocenters. The first-order valence-electron chi connectivity index (χ1n) is 17.1. The molecular formula is C37H68N2. The summed E-state index contributed by atoms with van der Waals surface area (Å²) in [7, 11) is 0. The molecule has 3 saturated carbocycles. The number of nitrogens with one attached hydrogen (secondary N) is 2. The van der Waals surface area contributed by atoms with Gasteiger partial charge in [0.1, 0.15) is 0 Å². The summed E-state index contributed by atoms with van der Waals surface area (Å²) in [6.07, 6.45) is 11.2. The molecule has 1 saturated heterocycles. The summed E-state index contributed by atoms with van der Waals surface area (Å²) in [6.45, 7) is 28.6. The van der Waals surface area contributed by atoms with Crippen molar-refractivity contribution in [3.8, 4) is 0 Å². The monoisotopic (exact) mass is 541 g/mol. The Morgan fingerprint density at radius 1 is 0.667 bits per heavy atom. The lowest BCUT2D eigenvalue weighted by Gasteiger charge is -2.24. The first kappa shape index (κ1) is 35.7. The van der Waals surface area contributed by atoms with Gasteiger partial charge in [-0.25, -0.2) is 0 Å². The highest BCUT2D eigenvalue weighted by Crippen LogP contribution is 2.50. The molecular weight excluding hydrogens is 472 g/mol. The zero-order chi connectivity index (χ0) is 29.5. The maximum Gasteiger partial charge on any atom is 0.0454 e. The minimum Gasteiger partial charge on any atom is -0.361 e. The lowest BCUT2D eigenvalue weighted by molar-refractivity contribution is 0.256. The number of fused-ring (bicyclic) bond motifs is 4. The minimum absolute atomic E-state index is 0.615. The van der Waals surface area contributed by atoms with Gasteiger partial charge < -0.3 is 10.3 Å². The van der Waals surface area contributed by atoms with Crippen LogP contribution in [0.3, 0.4) is 0 Å². The molecule has 0 radical (unpaired) electrons. The molecule has 3 aliphatic carbocycles. The van der Waals surface area contributed by atoms with Gasteiger partial charge in [-0.2, -0.15) is 0 Å². The highest BCUT2D eigenvalue weighted by molar-refractivity contribution is 5.80. The average Bonchev–Trinajstić information content (AvgIpc) is 3.78. The second-order valence-corrected chi connectivity index (χ2v) is 12.7. The molecule has 2 heterocycles. The maximum absolute atomic E-state index is 3.48. The van der Waals surface area contributed by atoms with E-state index in [1.807, 2.05) is 47.7 Å². The van der Waals surface area contributed by atoms with Gasteiger partial charge in [0, 0.05) is 11.7 Å². The molecule has 226 valence electrons. The molecule has 2 heteroatoms. The van der Waals surface area contributed by atoms with E-state index in [4.69, 9.17) is 0 Å². The summed E-state index contributed by atoms with van der Waals surface area (Å²) in [5.74, 6) is 8.94. The Kier molecular flexibility index (Phi) is 17.4. The van der Waals surface area contributed by atoms with Crippen LogP contribution in [0.4, 0.5) is 0 Å². The van der Waals surface area contributed by atoms with Crippen molar-refractivity contribution in [2.24, 2.45) is 47.3 Å². The van der Waals surface area contributed by atoms with Gasteiger partial charge in [0.05, 0.1) is 0 Å². The van der Waals surface area contributed by atoms with Crippen molar-refractivity contribution in [2.45, 2.75) is 128 Å². The maximum atomic E-state index is 3.48. The topological polar surface area (TPSA) is 27.8 Å². The molecule has 6 rings (SSSR count). The van der Waals surface area contributed by atoms with Crippen LogP contribution in [0.5, 0.6) is 0 Å². The number of aromatic nitrogens is 1. The van der Waals surface area contributed by atoms with E-state index in [1.165, 1.54) is 42.4 Å². The summed E-state index contributed by atoms with van der Waals surface area (Å²) < 4.78 is 0. The third-order valence-electron chi connectivity index (χ3n) is 9.53. The lowest BCUT2D eigenvalue weighted by atomic mass is 9.81. The van der Waals surface area contributed by atoms with Crippen LogP contribution in [0.2, 0.25) is 0 Å². The fraction of sp³-hybridized carbons (Fsp3) is 0.784. The number of H-pyrrole nitrogens is 1. The zero-order valence-electron chi connectivity index (χ0n) is 28.2. The smallest absolute Gasteiger partial charge is 0.0454 e. The number of aromatic amines is 1. The fourth-order valence-electron chi connectivity index (χ4n) is 7.30. The number of hydrogen-bond acceptors (Lipinski definition) is 1. The standard InChI is InChI=1S/C11H13N.C10H19N.C10H18.3C2H6/c1-8(2)9-3-4-11-10(7-9)5-6-12-11;1-7(2)8-3-9-5-11-6-10(9)4-8;1-7(2)10-6-8-3-4-9(10)5-8;3*1-2/h3-8,12H,1-2H3;7-11H,3-6H2,1-2H3;7-10H,3-6H2,1-2H3;3*1-2H3. The van der Waals surface area contributed by atoms with Crippen molar-refractivity contribution in [1.29, 1.82) is 0 Å². The Bertz CT molecular complexity index is 851. The van der Waals surface area contributed by atoms with Crippen molar-refractivity contribution in [3.63, 3.8) is 0 Å². The Morgan fingerprint density at radius 3 is 1.72 bits per heavy atom. The van der Waals surface area contributed by atoms with Crippen LogP contribution in [0, 0.1) is 47.3 Å². The van der Waals surface area contributed by atoms with Gasteiger partial charge in [0.15, 0.2) is 0 Å². The predicted molar refractivity (Wildman–Crippen MR) is 178 cm³/mol. The second kappa shape index (κ2) is 19.0. The largest absolute Gasteiger partial charge is 0.361 e. The van der Waals surface area contributed by atoms with E-state index in [9.17, 15) is 0 Å². The van der Waals surface area contributed by atoms with Gasteiger partial charge in [-0.15, -0.1) is 0 Å². The summed E-state index contributed by atoms with van der Waals surface area (Å²) in [4.78, 5) is 3.19. The first-order chi connectivity index (χ1) is 18.8. The van der Waals surface area contributed by atoms with Crippen LogP contribution >= 0.6 is 0 Å². The number of hydrogen-bond donors (Lipinski definition) is 2. The molecule has 5 atom stereocenters. The molecule has 2 nitrogen and oxygen atoms in total. The molecule has 39 heavy (non-hydrogen) atoms. The summed E-state index contributed by atoms with van der Waals surface area (Å²) in [5, 5.41) is 4.79. The van der Waals surface area contributed by atoms with E-state index in [1.54, 1.807) is 25.7 Å². The van der Waals surface area contributed by atoms with Crippen LogP contribution in [0.25, 0.3) is 10.9 Å². The summed E-state index contributed by atoms with van der Waals surface area (Å²) >= 11 is 0. The molecule has 1 aromatic carbocycles. The molecule has 4 aliphatic rings. The van der Waals surface area contributed by atoms with E-state index < -0.39 is 0 Å². The van der Waals surface area contributed by atoms with Crippen molar-refractivity contribution >= 4 is 10.9 Å². The summed E-state index contributed by atoms with van der Waals surface area (Å²) in [5.41, 5.74) is 2.63. The lowest BCUT2D eigenvalue weighted by Crippen LogP contribution is -2.15. The molecule has 2 aromatic rings. The van der Waals surface area contributed by atoms with Crippen LogP contribution in [0.1, 0.15) is 133 Å². The first-order valence-corrected chi connectivity index (χ1v) is 17.1. The van der Waals surface area contributed by atoms with E-state index in [-0.39, 0.29) is 0 Å². The zero-order valence-corrected chi connectivity index (χ0v) is 28.2. The van der Waals surface area contributed by atoms with Gasteiger partial charge in [-0.3, -0.25) is 0 Å². The highest BCUT2D eigenvalue weighted by Gasteiger charge is 2.40. The normalized spacial score (nSPS) is 27.8. The van der Waals surface area contributed by atoms with E-state index in [2.05, 4.69) is 76.1 Å². The fourth-order valence-corrected chi connectivity index (χ4v) is 7.30. The third-order valence-corrected chi connectivity index (χ3v) is 9.53. The average molecular weight is 541 g/mol. The van der Waals surface area contributed by atoms with Crippen LogP contribution in [-0.4, -0.2) is 18.1 Å². The van der Waals surface area contributed by atoms with E-state index >= 15 is 0 Å². The van der Waals surface area contributed by atoms with Gasteiger partial charge in [-0.1, -0.05) is 95.6 Å². The highest BCUT2D eigenvalue weighted by atomic mass is 14.9. The molecule has 0 amide bonds. The van der Waals surface area contributed by atoms with Gasteiger partial charge in [-0.05, 0) is 128 Å². The Labute approximate surface area is 244 Å². The van der Waals surface area contributed by atoms with Crippen LogP contribution < -0.4 is 5.32 Å². The molecule has 2 bridgehead atoms. The molecule has 4 fully saturated rings. The molecule has 1 aromatic heterocycles. The van der Waals surface area contributed by atoms with Crippen molar-refractivity contribution < 1.29 is 0 Å². The van der Waals surface area contributed by atoms with Crippen LogP contribution in [-0.2, 0) is 0 Å². The van der Waals surface area contributed by atoms with Gasteiger partial charge in [0.25, 0.3) is 0 Å². The molecule has 1 aliphatic heterocycles. The van der Waals surface area contributed by atoms with Gasteiger partial charge >= 0.3 is 0 Å². The van der Waals surface area contributed by atoms with E-state index in [0.717, 1.165) is 47.3 Å². The molecule has 2 N–H and O–H groups in total. The SMILES string of the molecule is CC.CC.CC.CC(C)C1CC2CCC1C2.CC(C)C1CC2CNCC2C1.CC(C)c1ccc2[nH]ccc2c1. The summed E-state index contributed by atoms with van der Waals surface area (Å²) in [6, 6.07) is 8.69.